The van der Waals surface area contributed by atoms with Gasteiger partial charge in [-0.2, -0.15) is 5.10 Å². The van der Waals surface area contributed by atoms with Crippen molar-refractivity contribution in [3.63, 3.8) is 0 Å². The Morgan fingerprint density at radius 3 is 2.89 bits per heavy atom. The fourth-order valence-electron chi connectivity index (χ4n) is 2.28. The van der Waals surface area contributed by atoms with Crippen LogP contribution in [0.25, 0.3) is 11.3 Å². The molecule has 1 aromatic heterocycles. The van der Waals surface area contributed by atoms with Gasteiger partial charge >= 0.3 is 0 Å². The van der Waals surface area contributed by atoms with Gasteiger partial charge in [-0.05, 0) is 37.5 Å². The van der Waals surface area contributed by atoms with Gasteiger partial charge in [0.25, 0.3) is 0 Å². The Bertz CT molecular complexity index is 586. The first-order valence-corrected chi connectivity index (χ1v) is 6.28. The minimum Gasteiger partial charge on any atom is -0.506 e. The number of hydrogen-bond donors (Lipinski definition) is 1. The largest absolute Gasteiger partial charge is 0.506 e. The molecule has 18 heavy (non-hydrogen) atoms. The minimum absolute atomic E-state index is 0.0141. The van der Waals surface area contributed by atoms with Crippen molar-refractivity contribution < 1.29 is 9.50 Å². The van der Waals surface area contributed by atoms with Crippen molar-refractivity contribution in [2.45, 2.75) is 25.8 Å². The predicted octanol–water partition coefficient (Wildman–Crippen LogP) is 3.38. The maximum absolute atomic E-state index is 13.8. The van der Waals surface area contributed by atoms with Crippen LogP contribution in [0.3, 0.4) is 0 Å². The van der Waals surface area contributed by atoms with Gasteiger partial charge in [0.05, 0.1) is 10.7 Å². The molecule has 0 saturated heterocycles. The van der Waals surface area contributed by atoms with Gasteiger partial charge in [0.1, 0.15) is 11.6 Å². The molecule has 1 N–H and O–H groups in total. The van der Waals surface area contributed by atoms with Gasteiger partial charge in [0.15, 0.2) is 0 Å². The summed E-state index contributed by atoms with van der Waals surface area (Å²) in [5.74, 6) is -0.590. The van der Waals surface area contributed by atoms with Gasteiger partial charge < -0.3 is 5.11 Å². The molecule has 0 atom stereocenters. The first-order chi connectivity index (χ1) is 8.65. The van der Waals surface area contributed by atoms with E-state index in [0.717, 1.165) is 37.6 Å². The molecule has 0 radical (unpaired) electrons. The van der Waals surface area contributed by atoms with Crippen LogP contribution in [0.1, 0.15) is 18.5 Å². The third kappa shape index (κ3) is 1.86. The van der Waals surface area contributed by atoms with Gasteiger partial charge in [-0.15, -0.1) is 0 Å². The molecule has 1 aromatic carbocycles. The Morgan fingerprint density at radius 1 is 1.28 bits per heavy atom. The van der Waals surface area contributed by atoms with Gasteiger partial charge in [0.2, 0.25) is 0 Å². The van der Waals surface area contributed by atoms with E-state index in [1.54, 1.807) is 0 Å². The summed E-state index contributed by atoms with van der Waals surface area (Å²) in [5.41, 5.74) is 1.96. The van der Waals surface area contributed by atoms with E-state index >= 15 is 0 Å². The van der Waals surface area contributed by atoms with Gasteiger partial charge in [-0.1, -0.05) is 11.6 Å². The summed E-state index contributed by atoms with van der Waals surface area (Å²) in [7, 11) is 0. The molecule has 0 amide bonds. The highest BCUT2D eigenvalue weighted by Gasteiger charge is 2.17. The van der Waals surface area contributed by atoms with Crippen LogP contribution in [0.2, 0.25) is 5.02 Å². The van der Waals surface area contributed by atoms with E-state index in [1.165, 1.54) is 6.07 Å². The molecule has 0 bridgehead atoms. The number of phenolic OH excluding ortho intramolecular Hbond substituents is 1. The molecule has 3 nitrogen and oxygen atoms in total. The van der Waals surface area contributed by atoms with Crippen molar-refractivity contribution in [2.24, 2.45) is 0 Å². The van der Waals surface area contributed by atoms with Crippen molar-refractivity contribution in [2.75, 3.05) is 0 Å². The third-order valence-corrected chi connectivity index (χ3v) is 3.53. The summed E-state index contributed by atoms with van der Waals surface area (Å²) in [6.07, 6.45) is 3.20. The van der Waals surface area contributed by atoms with Crippen LogP contribution < -0.4 is 0 Å². The Hall–Kier alpha value is -1.55. The summed E-state index contributed by atoms with van der Waals surface area (Å²) >= 11 is 5.66. The average Bonchev–Trinajstić information content (AvgIpc) is 2.77. The highest BCUT2D eigenvalue weighted by atomic mass is 35.5. The molecule has 0 unspecified atom stereocenters. The lowest BCUT2D eigenvalue weighted by molar-refractivity contribution is 0.473. The summed E-state index contributed by atoms with van der Waals surface area (Å²) in [5, 5.41) is 13.9. The van der Waals surface area contributed by atoms with Crippen molar-refractivity contribution in [1.29, 1.82) is 0 Å². The summed E-state index contributed by atoms with van der Waals surface area (Å²) in [6.45, 7) is 0.872. The van der Waals surface area contributed by atoms with E-state index in [9.17, 15) is 9.50 Å². The molecule has 5 heteroatoms. The van der Waals surface area contributed by atoms with Gasteiger partial charge in [0, 0.05) is 17.8 Å². The highest BCUT2D eigenvalue weighted by Crippen LogP contribution is 2.32. The Kier molecular flexibility index (Phi) is 2.74. The van der Waals surface area contributed by atoms with Crippen LogP contribution in [0.4, 0.5) is 4.39 Å². The zero-order chi connectivity index (χ0) is 12.7. The number of nitrogens with zero attached hydrogens (tertiary/aromatic N) is 2. The van der Waals surface area contributed by atoms with Crippen LogP contribution in [-0.2, 0) is 13.0 Å². The Morgan fingerprint density at radius 2 is 2.11 bits per heavy atom. The van der Waals surface area contributed by atoms with Crippen molar-refractivity contribution in [1.82, 2.24) is 9.78 Å². The molecule has 1 aliphatic heterocycles. The minimum atomic E-state index is -0.465. The number of aromatic hydroxyl groups is 1. The molecule has 0 aliphatic carbocycles. The van der Waals surface area contributed by atoms with Crippen LogP contribution >= 0.6 is 11.6 Å². The van der Waals surface area contributed by atoms with E-state index in [2.05, 4.69) is 5.10 Å². The summed E-state index contributed by atoms with van der Waals surface area (Å²) in [4.78, 5) is 0. The van der Waals surface area contributed by atoms with Crippen molar-refractivity contribution >= 4 is 11.6 Å². The fraction of sp³-hybridized carbons (Fsp3) is 0.308. The monoisotopic (exact) mass is 266 g/mol. The Labute approximate surface area is 109 Å². The molecule has 94 valence electrons. The zero-order valence-electron chi connectivity index (χ0n) is 9.66. The summed E-state index contributed by atoms with van der Waals surface area (Å²) in [6, 6.07) is 4.32. The lowest BCUT2D eigenvalue weighted by Gasteiger charge is -2.11. The molecule has 1 aliphatic rings. The molecule has 2 aromatic rings. The number of phenols is 1. The average molecular weight is 267 g/mol. The maximum Gasteiger partial charge on any atom is 0.135 e. The molecular formula is C13H12ClFN2O. The smallest absolute Gasteiger partial charge is 0.135 e. The number of aryl methyl sites for hydroxylation is 2. The van der Waals surface area contributed by atoms with Crippen LogP contribution in [0.15, 0.2) is 18.2 Å². The highest BCUT2D eigenvalue weighted by molar-refractivity contribution is 6.32. The van der Waals surface area contributed by atoms with E-state index in [1.807, 2.05) is 10.7 Å². The quantitative estimate of drug-likeness (QED) is 0.859. The standard InChI is InChI=1S/C13H12ClFN2O/c14-10-7-11(15)9(6-13(10)18)12-5-8-3-1-2-4-17(8)16-12/h5-7,18H,1-4H2. The second-order valence-electron chi connectivity index (χ2n) is 4.48. The molecule has 0 spiro atoms. The third-order valence-electron chi connectivity index (χ3n) is 3.23. The summed E-state index contributed by atoms with van der Waals surface area (Å²) < 4.78 is 15.7. The van der Waals surface area contributed by atoms with E-state index in [-0.39, 0.29) is 10.8 Å². The second kappa shape index (κ2) is 4.28. The van der Waals surface area contributed by atoms with Crippen molar-refractivity contribution in [3.05, 3.63) is 34.7 Å². The van der Waals surface area contributed by atoms with Crippen LogP contribution in [0.5, 0.6) is 5.75 Å². The van der Waals surface area contributed by atoms with Crippen molar-refractivity contribution in [3.8, 4) is 17.0 Å². The van der Waals surface area contributed by atoms with Crippen LogP contribution in [0, 0.1) is 5.82 Å². The number of aromatic nitrogens is 2. The molecule has 0 saturated carbocycles. The van der Waals surface area contributed by atoms with E-state index in [0.29, 0.717) is 11.3 Å². The normalized spacial score (nSPS) is 14.6. The number of rotatable bonds is 1. The first kappa shape index (κ1) is 11.5. The second-order valence-corrected chi connectivity index (χ2v) is 4.89. The van der Waals surface area contributed by atoms with Gasteiger partial charge in [-0.3, -0.25) is 4.68 Å². The number of fused-ring (bicyclic) bond motifs is 1. The van der Waals surface area contributed by atoms with Crippen LogP contribution in [-0.4, -0.2) is 14.9 Å². The van der Waals surface area contributed by atoms with Gasteiger partial charge in [-0.25, -0.2) is 4.39 Å². The topological polar surface area (TPSA) is 38.0 Å². The number of benzene rings is 1. The SMILES string of the molecule is Oc1cc(-c2cc3n(n2)CCCC3)c(F)cc1Cl. The lowest BCUT2D eigenvalue weighted by atomic mass is 10.1. The Balaban J connectivity index is 2.09. The predicted molar refractivity (Wildman–Crippen MR) is 67.2 cm³/mol. The zero-order valence-corrected chi connectivity index (χ0v) is 10.4. The lowest BCUT2D eigenvalue weighted by Crippen LogP contribution is -2.10. The molecule has 2 heterocycles. The molecule has 3 rings (SSSR count). The molecule has 0 fully saturated rings. The van der Waals surface area contributed by atoms with E-state index in [4.69, 9.17) is 11.6 Å². The fourth-order valence-corrected chi connectivity index (χ4v) is 2.43. The van der Waals surface area contributed by atoms with E-state index < -0.39 is 5.82 Å². The molecular weight excluding hydrogens is 255 g/mol. The maximum atomic E-state index is 13.8. The number of halogens is 2. The number of hydrogen-bond acceptors (Lipinski definition) is 2. The first-order valence-electron chi connectivity index (χ1n) is 5.90.